The van der Waals surface area contributed by atoms with Gasteiger partial charge in [-0.05, 0) is 69.4 Å². The van der Waals surface area contributed by atoms with E-state index in [0.717, 1.165) is 55.5 Å². The lowest BCUT2D eigenvalue weighted by Gasteiger charge is -2.38. The molecule has 0 saturated carbocycles. The minimum atomic E-state index is -0.771. The summed E-state index contributed by atoms with van der Waals surface area (Å²) in [5.74, 6) is 2.81. The Labute approximate surface area is 203 Å². The molecule has 0 bridgehead atoms. The van der Waals surface area contributed by atoms with Gasteiger partial charge in [-0.2, -0.15) is 0 Å². The van der Waals surface area contributed by atoms with E-state index >= 15 is 0 Å². The number of piperidine rings is 1. The molecular formula is C28H37N3O3. The Morgan fingerprint density at radius 2 is 1.85 bits per heavy atom. The zero-order valence-corrected chi connectivity index (χ0v) is 20.7. The van der Waals surface area contributed by atoms with Crippen molar-refractivity contribution in [1.82, 2.24) is 14.5 Å². The van der Waals surface area contributed by atoms with Gasteiger partial charge in [0, 0.05) is 38.6 Å². The standard InChI is InChI=1S/C28H37N3O3/c1-22-8-9-27(23(2)18-22)34-21-28(32)10-14-30(15-11-28)20-25-6-4-7-26(19-25)33-17-5-13-31-16-12-29-24(31)3/h4,6-9,12,16,18-19,32H,5,10-11,13-15,17,20-21H2,1-3H3. The van der Waals surface area contributed by atoms with Crippen LogP contribution in [0.2, 0.25) is 0 Å². The average Bonchev–Trinajstić information content (AvgIpc) is 3.23. The molecule has 1 saturated heterocycles. The minimum absolute atomic E-state index is 0.340. The van der Waals surface area contributed by atoms with Crippen LogP contribution in [0.15, 0.2) is 54.9 Å². The molecule has 6 nitrogen and oxygen atoms in total. The van der Waals surface area contributed by atoms with Crippen molar-refractivity contribution in [2.45, 2.75) is 58.7 Å². The van der Waals surface area contributed by atoms with Crippen molar-refractivity contribution in [3.05, 3.63) is 77.4 Å². The van der Waals surface area contributed by atoms with E-state index in [4.69, 9.17) is 9.47 Å². The molecule has 0 atom stereocenters. The molecule has 2 aromatic carbocycles. The third-order valence-electron chi connectivity index (χ3n) is 6.65. The summed E-state index contributed by atoms with van der Waals surface area (Å²) in [5.41, 5.74) is 2.79. The van der Waals surface area contributed by atoms with Gasteiger partial charge in [0.1, 0.15) is 29.5 Å². The Balaban J connectivity index is 1.21. The molecular weight excluding hydrogens is 426 g/mol. The number of aromatic nitrogens is 2. The molecule has 0 spiro atoms. The summed E-state index contributed by atoms with van der Waals surface area (Å²) < 4.78 is 14.1. The predicted octanol–water partition coefficient (Wildman–Crippen LogP) is 4.68. The molecule has 0 radical (unpaired) electrons. The second-order valence-corrected chi connectivity index (χ2v) is 9.58. The van der Waals surface area contributed by atoms with Gasteiger partial charge >= 0.3 is 0 Å². The highest BCUT2D eigenvalue weighted by molar-refractivity contribution is 5.35. The van der Waals surface area contributed by atoms with Gasteiger partial charge in [-0.1, -0.05) is 29.8 Å². The van der Waals surface area contributed by atoms with Gasteiger partial charge in [0.05, 0.1) is 6.61 Å². The molecule has 0 unspecified atom stereocenters. The van der Waals surface area contributed by atoms with Crippen molar-refractivity contribution in [2.24, 2.45) is 0 Å². The van der Waals surface area contributed by atoms with Gasteiger partial charge < -0.3 is 19.1 Å². The summed E-state index contributed by atoms with van der Waals surface area (Å²) in [6.45, 7) is 10.6. The van der Waals surface area contributed by atoms with Gasteiger partial charge in [0.2, 0.25) is 0 Å². The van der Waals surface area contributed by atoms with E-state index in [-0.39, 0.29) is 0 Å². The van der Waals surface area contributed by atoms with Gasteiger partial charge in [-0.3, -0.25) is 4.90 Å². The Hall–Kier alpha value is -2.83. The highest BCUT2D eigenvalue weighted by atomic mass is 16.5. The summed E-state index contributed by atoms with van der Waals surface area (Å²) in [5, 5.41) is 11.0. The van der Waals surface area contributed by atoms with E-state index in [0.29, 0.717) is 26.1 Å². The first-order valence-corrected chi connectivity index (χ1v) is 12.2. The quantitative estimate of drug-likeness (QED) is 0.442. The van der Waals surface area contributed by atoms with E-state index in [1.165, 1.54) is 11.1 Å². The Morgan fingerprint density at radius 3 is 2.59 bits per heavy atom. The van der Waals surface area contributed by atoms with Gasteiger partial charge in [0.15, 0.2) is 0 Å². The molecule has 182 valence electrons. The number of benzene rings is 2. The lowest BCUT2D eigenvalue weighted by molar-refractivity contribution is -0.0538. The van der Waals surface area contributed by atoms with Gasteiger partial charge in [0.25, 0.3) is 0 Å². The van der Waals surface area contributed by atoms with Crippen LogP contribution in [-0.4, -0.2) is 51.5 Å². The highest BCUT2D eigenvalue weighted by Crippen LogP contribution is 2.27. The van der Waals surface area contributed by atoms with Crippen LogP contribution in [0, 0.1) is 20.8 Å². The number of aryl methyl sites for hydroxylation is 4. The van der Waals surface area contributed by atoms with Crippen LogP contribution in [0.5, 0.6) is 11.5 Å². The topological polar surface area (TPSA) is 59.8 Å². The first-order valence-electron chi connectivity index (χ1n) is 12.2. The summed E-state index contributed by atoms with van der Waals surface area (Å²) in [4.78, 5) is 6.65. The number of rotatable bonds is 10. The molecule has 34 heavy (non-hydrogen) atoms. The number of aliphatic hydroxyl groups is 1. The fourth-order valence-electron chi connectivity index (χ4n) is 4.50. The molecule has 2 heterocycles. The van der Waals surface area contributed by atoms with E-state index in [2.05, 4.69) is 45.6 Å². The number of ether oxygens (including phenoxy) is 2. The molecule has 6 heteroatoms. The maximum atomic E-state index is 11.0. The van der Waals surface area contributed by atoms with Crippen molar-refractivity contribution in [3.63, 3.8) is 0 Å². The van der Waals surface area contributed by atoms with Crippen LogP contribution in [0.1, 0.15) is 41.8 Å². The van der Waals surface area contributed by atoms with Crippen LogP contribution < -0.4 is 9.47 Å². The smallest absolute Gasteiger partial charge is 0.122 e. The number of imidazole rings is 1. The maximum Gasteiger partial charge on any atom is 0.122 e. The normalized spacial score (nSPS) is 15.9. The van der Waals surface area contributed by atoms with E-state index < -0.39 is 5.60 Å². The van der Waals surface area contributed by atoms with Crippen molar-refractivity contribution >= 4 is 0 Å². The van der Waals surface area contributed by atoms with Crippen molar-refractivity contribution < 1.29 is 14.6 Å². The van der Waals surface area contributed by atoms with Crippen LogP contribution in [0.3, 0.4) is 0 Å². The van der Waals surface area contributed by atoms with E-state index in [1.54, 1.807) is 0 Å². The molecule has 0 aliphatic carbocycles. The van der Waals surface area contributed by atoms with Crippen molar-refractivity contribution in [2.75, 3.05) is 26.3 Å². The lowest BCUT2D eigenvalue weighted by atomic mass is 9.92. The second-order valence-electron chi connectivity index (χ2n) is 9.58. The molecule has 1 fully saturated rings. The largest absolute Gasteiger partial charge is 0.494 e. The maximum absolute atomic E-state index is 11.0. The molecule has 1 aromatic heterocycles. The van der Waals surface area contributed by atoms with Crippen molar-refractivity contribution in [3.8, 4) is 11.5 Å². The zero-order valence-electron chi connectivity index (χ0n) is 20.7. The number of nitrogens with zero attached hydrogens (tertiary/aromatic N) is 3. The Kier molecular flexibility index (Phi) is 7.91. The van der Waals surface area contributed by atoms with Crippen LogP contribution in [0.4, 0.5) is 0 Å². The van der Waals surface area contributed by atoms with Gasteiger partial charge in [-0.15, -0.1) is 0 Å². The van der Waals surface area contributed by atoms with Gasteiger partial charge in [-0.25, -0.2) is 4.98 Å². The van der Waals surface area contributed by atoms with E-state index in [9.17, 15) is 5.11 Å². The van der Waals surface area contributed by atoms with Crippen LogP contribution in [0.25, 0.3) is 0 Å². The number of hydrogen-bond acceptors (Lipinski definition) is 5. The van der Waals surface area contributed by atoms with Crippen LogP contribution >= 0.6 is 0 Å². The fourth-order valence-corrected chi connectivity index (χ4v) is 4.50. The molecule has 3 aromatic rings. The number of hydrogen-bond donors (Lipinski definition) is 1. The zero-order chi connectivity index (χ0) is 24.0. The molecule has 4 rings (SSSR count). The Bertz CT molecular complexity index is 1070. The summed E-state index contributed by atoms with van der Waals surface area (Å²) in [6, 6.07) is 14.5. The monoisotopic (exact) mass is 463 g/mol. The third kappa shape index (κ3) is 6.61. The average molecular weight is 464 g/mol. The van der Waals surface area contributed by atoms with Crippen LogP contribution in [-0.2, 0) is 13.1 Å². The summed E-state index contributed by atoms with van der Waals surface area (Å²) in [6.07, 6.45) is 6.20. The molecule has 1 N–H and O–H groups in total. The second kappa shape index (κ2) is 11.1. The minimum Gasteiger partial charge on any atom is -0.494 e. The highest BCUT2D eigenvalue weighted by Gasteiger charge is 2.33. The molecule has 0 amide bonds. The lowest BCUT2D eigenvalue weighted by Crippen LogP contribution is -2.47. The molecule has 1 aliphatic rings. The number of likely N-dealkylation sites (tertiary alicyclic amines) is 1. The fraction of sp³-hybridized carbons (Fsp3) is 0.464. The predicted molar refractivity (Wildman–Crippen MR) is 134 cm³/mol. The SMILES string of the molecule is Cc1ccc(OCC2(O)CCN(Cc3cccc(OCCCn4ccnc4C)c3)CC2)c(C)c1. The van der Waals surface area contributed by atoms with E-state index in [1.807, 2.05) is 44.4 Å². The first-order chi connectivity index (χ1) is 16.4. The Morgan fingerprint density at radius 1 is 1.03 bits per heavy atom. The summed E-state index contributed by atoms with van der Waals surface area (Å²) >= 11 is 0. The molecule has 1 aliphatic heterocycles. The first kappa shape index (κ1) is 24.3. The third-order valence-corrected chi connectivity index (χ3v) is 6.65. The summed E-state index contributed by atoms with van der Waals surface area (Å²) in [7, 11) is 0. The van der Waals surface area contributed by atoms with Crippen molar-refractivity contribution in [1.29, 1.82) is 0 Å².